The highest BCUT2D eigenvalue weighted by Crippen LogP contribution is 2.46. The molecule has 2 saturated carbocycles. The van der Waals surface area contributed by atoms with Crippen LogP contribution >= 0.6 is 0 Å². The molecule has 44 heavy (non-hydrogen) atoms. The van der Waals surface area contributed by atoms with Gasteiger partial charge in [0.25, 0.3) is 10.0 Å². The number of carboxylic acid groups (broad SMARTS) is 1. The summed E-state index contributed by atoms with van der Waals surface area (Å²) in [6.45, 7) is 9.30. The SMILES string of the molecule is Cc1c(C)c(S(=O)(=O)Nc2ccc(N3CC[C@H](C(=O)O)C3)c3ccccc23)c(C)c(C)c1C1CCC(C2CCCCC2)CC1. The molecule has 3 aliphatic rings. The number of nitrogens with one attached hydrogen (secondary N) is 1. The van der Waals surface area contributed by atoms with Crippen molar-refractivity contribution < 1.29 is 18.3 Å². The average molecular weight is 617 g/mol. The van der Waals surface area contributed by atoms with E-state index in [1.54, 1.807) is 0 Å². The molecular formula is C37H48N2O4S. The first-order chi connectivity index (χ1) is 21.1. The Morgan fingerprint density at radius 3 is 2.00 bits per heavy atom. The molecule has 0 amide bonds. The molecule has 1 aliphatic heterocycles. The van der Waals surface area contributed by atoms with Crippen molar-refractivity contribution in [2.75, 3.05) is 22.7 Å². The van der Waals surface area contributed by atoms with Crippen LogP contribution in [0.3, 0.4) is 0 Å². The fraction of sp³-hybridized carbons (Fsp3) is 0.541. The number of hydrogen-bond donors (Lipinski definition) is 2. The molecule has 0 aromatic heterocycles. The smallest absolute Gasteiger partial charge is 0.308 e. The van der Waals surface area contributed by atoms with Crippen molar-refractivity contribution in [2.24, 2.45) is 17.8 Å². The highest BCUT2D eigenvalue weighted by atomic mass is 32.2. The third-order valence-electron chi connectivity index (χ3n) is 11.4. The molecule has 6 nitrogen and oxygen atoms in total. The highest BCUT2D eigenvalue weighted by Gasteiger charge is 2.33. The van der Waals surface area contributed by atoms with Gasteiger partial charge < -0.3 is 10.0 Å². The maximum absolute atomic E-state index is 14.2. The lowest BCUT2D eigenvalue weighted by atomic mass is 9.68. The summed E-state index contributed by atoms with van der Waals surface area (Å²) < 4.78 is 31.3. The lowest BCUT2D eigenvalue weighted by molar-refractivity contribution is -0.140. The van der Waals surface area contributed by atoms with E-state index in [1.165, 1.54) is 63.4 Å². The number of carbonyl (C=O) groups is 1. The molecule has 1 heterocycles. The Morgan fingerprint density at radius 1 is 0.773 bits per heavy atom. The fourth-order valence-electron chi connectivity index (χ4n) is 8.83. The van der Waals surface area contributed by atoms with Gasteiger partial charge in [0, 0.05) is 29.5 Å². The Balaban J connectivity index is 1.27. The molecule has 3 aromatic carbocycles. The largest absolute Gasteiger partial charge is 0.481 e. The number of aliphatic carboxylic acids is 1. The van der Waals surface area contributed by atoms with Gasteiger partial charge in [-0.2, -0.15) is 0 Å². The van der Waals surface area contributed by atoms with E-state index < -0.39 is 16.0 Å². The Bertz CT molecular complexity index is 1640. The quantitative estimate of drug-likeness (QED) is 0.277. The van der Waals surface area contributed by atoms with Crippen LogP contribution in [-0.2, 0) is 14.8 Å². The van der Waals surface area contributed by atoms with Crippen molar-refractivity contribution in [3.8, 4) is 0 Å². The lowest BCUT2D eigenvalue weighted by Crippen LogP contribution is -2.24. The maximum Gasteiger partial charge on any atom is 0.308 e. The monoisotopic (exact) mass is 616 g/mol. The van der Waals surface area contributed by atoms with Gasteiger partial charge in [-0.3, -0.25) is 9.52 Å². The van der Waals surface area contributed by atoms with Crippen molar-refractivity contribution in [3.63, 3.8) is 0 Å². The molecule has 1 atom stereocenters. The minimum Gasteiger partial charge on any atom is -0.481 e. The first-order valence-electron chi connectivity index (χ1n) is 16.7. The minimum atomic E-state index is -3.88. The number of hydrogen-bond acceptors (Lipinski definition) is 4. The van der Waals surface area contributed by atoms with Crippen molar-refractivity contribution in [1.29, 1.82) is 0 Å². The summed E-state index contributed by atoms with van der Waals surface area (Å²) in [6.07, 6.45) is 12.6. The molecule has 0 radical (unpaired) electrons. The second-order valence-electron chi connectivity index (χ2n) is 13.8. The zero-order chi connectivity index (χ0) is 31.2. The number of benzene rings is 3. The normalized spacial score (nSPS) is 23.3. The molecule has 2 aliphatic carbocycles. The third kappa shape index (κ3) is 5.73. The maximum atomic E-state index is 14.2. The van der Waals surface area contributed by atoms with Crippen LogP contribution in [0, 0.1) is 45.4 Å². The van der Waals surface area contributed by atoms with Crippen molar-refractivity contribution in [1.82, 2.24) is 0 Å². The van der Waals surface area contributed by atoms with Gasteiger partial charge >= 0.3 is 5.97 Å². The molecule has 0 unspecified atom stereocenters. The number of nitrogens with zero attached hydrogens (tertiary/aromatic N) is 1. The minimum absolute atomic E-state index is 0.390. The van der Waals surface area contributed by atoms with E-state index in [4.69, 9.17) is 0 Å². The first-order valence-corrected chi connectivity index (χ1v) is 18.2. The van der Waals surface area contributed by atoms with Gasteiger partial charge in [-0.05, 0) is 118 Å². The lowest BCUT2D eigenvalue weighted by Gasteiger charge is -2.37. The van der Waals surface area contributed by atoms with Crippen LogP contribution in [0.25, 0.3) is 10.8 Å². The molecule has 6 rings (SSSR count). The number of fused-ring (bicyclic) bond motifs is 1. The second-order valence-corrected chi connectivity index (χ2v) is 15.4. The van der Waals surface area contributed by atoms with Gasteiger partial charge in [0.1, 0.15) is 0 Å². The third-order valence-corrected chi connectivity index (χ3v) is 13.0. The predicted octanol–water partition coefficient (Wildman–Crippen LogP) is 8.64. The highest BCUT2D eigenvalue weighted by molar-refractivity contribution is 7.92. The second kappa shape index (κ2) is 12.4. The molecule has 3 aromatic rings. The molecule has 2 N–H and O–H groups in total. The predicted molar refractivity (Wildman–Crippen MR) is 179 cm³/mol. The number of rotatable bonds is 7. The Kier molecular flexibility index (Phi) is 8.71. The molecule has 0 spiro atoms. The standard InChI is InChI=1S/C37H48N2O4S/c1-23-25(3)36(26(4)24(2)35(23)29-16-14-28(15-17-29)27-10-6-5-7-11-27)44(42,43)38-33-18-19-34(32-13-9-8-12-31(32)33)39-21-20-30(22-39)37(40)41/h8-9,12-13,18-19,27-30,38H,5-7,10-11,14-17,20-22H2,1-4H3,(H,40,41)/t28?,29?,30-/m0/s1. The van der Waals surface area contributed by atoms with E-state index in [0.717, 1.165) is 50.5 Å². The zero-order valence-electron chi connectivity index (χ0n) is 26.8. The summed E-state index contributed by atoms with van der Waals surface area (Å²) in [6, 6.07) is 11.5. The fourth-order valence-corrected chi connectivity index (χ4v) is 10.5. The van der Waals surface area contributed by atoms with Crippen molar-refractivity contribution in [2.45, 2.75) is 103 Å². The van der Waals surface area contributed by atoms with Crippen LogP contribution in [0.2, 0.25) is 0 Å². The molecule has 3 fully saturated rings. The van der Waals surface area contributed by atoms with Gasteiger partial charge in [0.2, 0.25) is 0 Å². The molecular weight excluding hydrogens is 568 g/mol. The van der Waals surface area contributed by atoms with Crippen molar-refractivity contribution in [3.05, 3.63) is 64.2 Å². The summed E-state index contributed by atoms with van der Waals surface area (Å²) in [5.41, 5.74) is 6.80. The average Bonchev–Trinajstić information content (AvgIpc) is 3.52. The van der Waals surface area contributed by atoms with Gasteiger partial charge in [-0.25, -0.2) is 8.42 Å². The first kappa shape index (κ1) is 30.9. The van der Waals surface area contributed by atoms with E-state index in [2.05, 4.69) is 23.5 Å². The number of carboxylic acids is 1. The van der Waals surface area contributed by atoms with Crippen LogP contribution in [0.15, 0.2) is 41.3 Å². The van der Waals surface area contributed by atoms with Gasteiger partial charge in [-0.1, -0.05) is 56.4 Å². The Hall–Kier alpha value is -3.06. The van der Waals surface area contributed by atoms with Crippen LogP contribution in [0.4, 0.5) is 11.4 Å². The summed E-state index contributed by atoms with van der Waals surface area (Å²) in [4.78, 5) is 14.1. The van der Waals surface area contributed by atoms with E-state index in [1.807, 2.05) is 50.2 Å². The molecule has 7 heteroatoms. The zero-order valence-corrected chi connectivity index (χ0v) is 27.6. The number of anilines is 2. The van der Waals surface area contributed by atoms with Gasteiger partial charge in [-0.15, -0.1) is 0 Å². The summed E-state index contributed by atoms with van der Waals surface area (Å²) in [5.74, 6) is 1.12. The molecule has 236 valence electrons. The topological polar surface area (TPSA) is 86.7 Å². The van der Waals surface area contributed by atoms with Crippen LogP contribution in [0.5, 0.6) is 0 Å². The number of sulfonamides is 1. The van der Waals surface area contributed by atoms with Gasteiger partial charge in [0.05, 0.1) is 16.5 Å². The summed E-state index contributed by atoms with van der Waals surface area (Å²) >= 11 is 0. The van der Waals surface area contributed by atoms with Crippen LogP contribution in [0.1, 0.15) is 97.9 Å². The summed E-state index contributed by atoms with van der Waals surface area (Å²) in [5, 5.41) is 11.2. The van der Waals surface area contributed by atoms with Gasteiger partial charge in [0.15, 0.2) is 0 Å². The van der Waals surface area contributed by atoms with E-state index in [9.17, 15) is 18.3 Å². The Labute approximate surface area is 263 Å². The van der Waals surface area contributed by atoms with E-state index in [-0.39, 0.29) is 5.92 Å². The summed E-state index contributed by atoms with van der Waals surface area (Å²) in [7, 11) is -3.88. The van der Waals surface area contributed by atoms with E-state index >= 15 is 0 Å². The van der Waals surface area contributed by atoms with Crippen LogP contribution in [-0.4, -0.2) is 32.6 Å². The van der Waals surface area contributed by atoms with Crippen LogP contribution < -0.4 is 9.62 Å². The molecule has 0 bridgehead atoms. The molecule has 1 saturated heterocycles. The Morgan fingerprint density at radius 2 is 1.39 bits per heavy atom. The van der Waals surface area contributed by atoms with E-state index in [0.29, 0.717) is 36.0 Å². The van der Waals surface area contributed by atoms with Crippen molar-refractivity contribution >= 4 is 38.1 Å².